The zero-order valence-corrected chi connectivity index (χ0v) is 9.47. The molecule has 17 heavy (non-hydrogen) atoms. The van der Waals surface area contributed by atoms with Gasteiger partial charge in [-0.2, -0.15) is 4.98 Å². The van der Waals surface area contributed by atoms with E-state index in [2.05, 4.69) is 21.1 Å². The Kier molecular flexibility index (Phi) is 2.53. The summed E-state index contributed by atoms with van der Waals surface area (Å²) in [6.45, 7) is 2.78. The molecule has 0 spiro atoms. The van der Waals surface area contributed by atoms with Gasteiger partial charge in [0.1, 0.15) is 0 Å². The second-order valence-corrected chi connectivity index (χ2v) is 4.28. The molecule has 88 valence electrons. The summed E-state index contributed by atoms with van der Waals surface area (Å²) in [4.78, 5) is 6.35. The van der Waals surface area contributed by atoms with E-state index in [1.165, 1.54) is 17.5 Å². The lowest BCUT2D eigenvalue weighted by Gasteiger charge is -2.12. The third-order valence-corrected chi connectivity index (χ3v) is 3.13. The van der Waals surface area contributed by atoms with Crippen LogP contribution in [0.1, 0.15) is 17.0 Å². The Morgan fingerprint density at radius 3 is 3.06 bits per heavy atom. The van der Waals surface area contributed by atoms with Crippen LogP contribution in [-0.4, -0.2) is 21.6 Å². The molecule has 0 amide bonds. The molecule has 2 heterocycles. The lowest BCUT2D eigenvalue weighted by atomic mass is 10.1. The second-order valence-electron chi connectivity index (χ2n) is 4.28. The molecule has 1 aliphatic rings. The van der Waals surface area contributed by atoms with Gasteiger partial charge in [0.15, 0.2) is 6.33 Å². The summed E-state index contributed by atoms with van der Waals surface area (Å²) in [5.41, 5.74) is 9.44. The Hall–Kier alpha value is -1.88. The van der Waals surface area contributed by atoms with Crippen LogP contribution in [0, 0.1) is 0 Å². The number of rotatable bonds is 3. The molecule has 5 nitrogen and oxygen atoms in total. The van der Waals surface area contributed by atoms with Crippen molar-refractivity contribution in [3.63, 3.8) is 0 Å². The number of fused-ring (bicyclic) bond motifs is 1. The number of hydrogen-bond donors (Lipinski definition) is 1. The Morgan fingerprint density at radius 2 is 2.29 bits per heavy atom. The fourth-order valence-corrected chi connectivity index (χ4v) is 2.23. The summed E-state index contributed by atoms with van der Waals surface area (Å²) < 4.78 is 4.98. The lowest BCUT2D eigenvalue weighted by Crippen LogP contribution is -2.19. The maximum absolute atomic E-state index is 5.96. The average Bonchev–Trinajstić information content (AvgIpc) is 2.95. The van der Waals surface area contributed by atoms with E-state index in [1.807, 2.05) is 12.1 Å². The Bertz CT molecular complexity index is 509. The topological polar surface area (TPSA) is 68.2 Å². The molecule has 1 aromatic heterocycles. The number of nitrogens with two attached hydrogens (primary N) is 1. The molecular formula is C12H14N4O. The molecule has 0 radical (unpaired) electrons. The zero-order chi connectivity index (χ0) is 11.7. The number of anilines is 1. The van der Waals surface area contributed by atoms with Gasteiger partial charge >= 0.3 is 0 Å². The second kappa shape index (κ2) is 4.18. The predicted octanol–water partition coefficient (Wildman–Crippen LogP) is 1.21. The first-order chi connectivity index (χ1) is 8.33. The molecule has 0 saturated carbocycles. The number of nitrogens with zero attached hydrogens (tertiary/aromatic N) is 3. The van der Waals surface area contributed by atoms with E-state index >= 15 is 0 Å². The third kappa shape index (κ3) is 2.01. The van der Waals surface area contributed by atoms with Crippen LogP contribution in [0.4, 0.5) is 5.69 Å². The molecule has 2 aromatic rings. The summed E-state index contributed by atoms with van der Waals surface area (Å²) in [5.74, 6) is 0.689. The van der Waals surface area contributed by atoms with Crippen molar-refractivity contribution >= 4 is 5.69 Å². The normalized spacial score (nSPS) is 15.1. The summed E-state index contributed by atoms with van der Waals surface area (Å²) >= 11 is 0. The largest absolute Gasteiger partial charge is 0.398 e. The minimum atomic E-state index is 0.689. The van der Waals surface area contributed by atoms with E-state index in [0.29, 0.717) is 5.89 Å². The van der Waals surface area contributed by atoms with E-state index in [0.717, 1.165) is 31.7 Å². The fourth-order valence-electron chi connectivity index (χ4n) is 2.23. The van der Waals surface area contributed by atoms with Gasteiger partial charge < -0.3 is 10.3 Å². The van der Waals surface area contributed by atoms with Gasteiger partial charge in [-0.25, -0.2) is 0 Å². The van der Waals surface area contributed by atoms with Crippen LogP contribution in [0.5, 0.6) is 0 Å². The van der Waals surface area contributed by atoms with Crippen molar-refractivity contribution in [2.75, 3.05) is 12.3 Å². The molecular weight excluding hydrogens is 216 g/mol. The van der Waals surface area contributed by atoms with Crippen LogP contribution in [0.25, 0.3) is 0 Å². The van der Waals surface area contributed by atoms with Crippen molar-refractivity contribution in [3.05, 3.63) is 41.5 Å². The van der Waals surface area contributed by atoms with E-state index in [9.17, 15) is 0 Å². The molecule has 1 aliphatic heterocycles. The number of hydrogen-bond acceptors (Lipinski definition) is 5. The molecule has 0 bridgehead atoms. The quantitative estimate of drug-likeness (QED) is 0.803. The minimum Gasteiger partial charge on any atom is -0.398 e. The van der Waals surface area contributed by atoms with E-state index < -0.39 is 0 Å². The molecule has 0 unspecified atom stereocenters. The first-order valence-electron chi connectivity index (χ1n) is 5.67. The molecule has 3 rings (SSSR count). The number of nitrogen functional groups attached to an aromatic ring is 1. The summed E-state index contributed by atoms with van der Waals surface area (Å²) in [5, 5.41) is 3.60. The molecule has 1 aromatic carbocycles. The average molecular weight is 230 g/mol. The van der Waals surface area contributed by atoms with Crippen LogP contribution >= 0.6 is 0 Å². The first-order valence-corrected chi connectivity index (χ1v) is 5.67. The van der Waals surface area contributed by atoms with Gasteiger partial charge in [0.2, 0.25) is 5.89 Å². The first kappa shape index (κ1) is 10.3. The lowest BCUT2D eigenvalue weighted by molar-refractivity contribution is 0.271. The molecule has 0 atom stereocenters. The van der Waals surface area contributed by atoms with E-state index in [4.69, 9.17) is 10.3 Å². The highest BCUT2D eigenvalue weighted by atomic mass is 16.5. The maximum atomic E-state index is 5.96. The van der Waals surface area contributed by atoms with Gasteiger partial charge in [-0.1, -0.05) is 17.3 Å². The van der Waals surface area contributed by atoms with Gasteiger partial charge in [0.05, 0.1) is 0 Å². The Balaban J connectivity index is 1.64. The van der Waals surface area contributed by atoms with E-state index in [-0.39, 0.29) is 0 Å². The Labute approximate surface area is 99.2 Å². The zero-order valence-electron chi connectivity index (χ0n) is 9.47. The van der Waals surface area contributed by atoms with Crippen molar-refractivity contribution in [3.8, 4) is 0 Å². The molecule has 0 saturated heterocycles. The van der Waals surface area contributed by atoms with Crippen LogP contribution < -0.4 is 5.73 Å². The van der Waals surface area contributed by atoms with Gasteiger partial charge in [-0.15, -0.1) is 0 Å². The fraction of sp³-hybridized carbons (Fsp3) is 0.333. The van der Waals surface area contributed by atoms with Crippen molar-refractivity contribution in [1.82, 2.24) is 15.0 Å². The Morgan fingerprint density at radius 1 is 1.35 bits per heavy atom. The van der Waals surface area contributed by atoms with E-state index in [1.54, 1.807) is 0 Å². The van der Waals surface area contributed by atoms with Crippen LogP contribution in [0.15, 0.2) is 29.0 Å². The SMILES string of the molecule is Nc1cccc2c1CN(CCc1ncno1)C2. The number of benzene rings is 1. The summed E-state index contributed by atoms with van der Waals surface area (Å²) in [6.07, 6.45) is 2.22. The monoisotopic (exact) mass is 230 g/mol. The third-order valence-electron chi connectivity index (χ3n) is 3.13. The van der Waals surface area contributed by atoms with Crippen molar-refractivity contribution < 1.29 is 4.52 Å². The van der Waals surface area contributed by atoms with Crippen molar-refractivity contribution in [2.45, 2.75) is 19.5 Å². The van der Waals surface area contributed by atoms with Gasteiger partial charge in [0, 0.05) is 31.7 Å². The standard InChI is InChI=1S/C12H14N4O/c13-11-3-1-2-9-6-16(7-10(9)11)5-4-12-14-8-15-17-12/h1-3,8H,4-7,13H2. The minimum absolute atomic E-state index is 0.689. The van der Waals surface area contributed by atoms with Crippen molar-refractivity contribution in [1.29, 1.82) is 0 Å². The predicted molar refractivity (Wildman–Crippen MR) is 63.0 cm³/mol. The van der Waals surface area contributed by atoms with Crippen LogP contribution in [0.3, 0.4) is 0 Å². The van der Waals surface area contributed by atoms with Crippen LogP contribution in [0.2, 0.25) is 0 Å². The molecule has 0 aliphatic carbocycles. The van der Waals surface area contributed by atoms with Crippen LogP contribution in [-0.2, 0) is 19.5 Å². The highest BCUT2D eigenvalue weighted by Crippen LogP contribution is 2.27. The van der Waals surface area contributed by atoms with Gasteiger partial charge in [-0.05, 0) is 17.2 Å². The summed E-state index contributed by atoms with van der Waals surface area (Å²) in [7, 11) is 0. The van der Waals surface area contributed by atoms with Gasteiger partial charge in [0.25, 0.3) is 0 Å². The maximum Gasteiger partial charge on any atom is 0.227 e. The molecule has 5 heteroatoms. The molecule has 0 fully saturated rings. The molecule has 2 N–H and O–H groups in total. The highest BCUT2D eigenvalue weighted by molar-refractivity contribution is 5.52. The smallest absolute Gasteiger partial charge is 0.227 e. The van der Waals surface area contributed by atoms with Gasteiger partial charge in [-0.3, -0.25) is 4.90 Å². The highest BCUT2D eigenvalue weighted by Gasteiger charge is 2.20. The van der Waals surface area contributed by atoms with Crippen molar-refractivity contribution in [2.24, 2.45) is 0 Å². The summed E-state index contributed by atoms with van der Waals surface area (Å²) in [6, 6.07) is 6.11. The number of aromatic nitrogens is 2.